The molecule has 2 radical (unpaired) electrons. The Morgan fingerprint density at radius 2 is 1.73 bits per heavy atom. The van der Waals surface area contributed by atoms with E-state index in [9.17, 15) is 0 Å². The summed E-state index contributed by atoms with van der Waals surface area (Å²) in [4.78, 5) is 0. The monoisotopic (exact) mass is 155 g/mol. The summed E-state index contributed by atoms with van der Waals surface area (Å²) in [5, 5.41) is 3.29. The Morgan fingerprint density at radius 1 is 1.00 bits per heavy atom. The topological polar surface area (TPSA) is 12.0 Å². The van der Waals surface area contributed by atoms with E-state index in [2.05, 4.69) is 12.2 Å². The Morgan fingerprint density at radius 3 is 2.36 bits per heavy atom. The van der Waals surface area contributed by atoms with Gasteiger partial charge in [0.2, 0.25) is 0 Å². The second kappa shape index (κ2) is 9.96. The summed E-state index contributed by atoms with van der Waals surface area (Å²) in [6.45, 7) is 9.68. The third-order valence-electron chi connectivity index (χ3n) is 1.78. The molecule has 11 heavy (non-hydrogen) atoms. The lowest BCUT2D eigenvalue weighted by molar-refractivity contribution is 0.586. The van der Waals surface area contributed by atoms with Gasteiger partial charge in [0.05, 0.1) is 0 Å². The van der Waals surface area contributed by atoms with Crippen LogP contribution in [0.15, 0.2) is 0 Å². The molecule has 0 atom stereocenters. The number of unbranched alkanes of at least 4 members (excludes halogenated alkanes) is 4. The van der Waals surface area contributed by atoms with Crippen molar-refractivity contribution in [2.24, 2.45) is 0 Å². The first-order valence-electron chi connectivity index (χ1n) is 4.82. The summed E-state index contributed by atoms with van der Waals surface area (Å²) < 4.78 is 0. The Labute approximate surface area is 71.6 Å². The first kappa shape index (κ1) is 11.0. The molecule has 0 aromatic rings. The van der Waals surface area contributed by atoms with Gasteiger partial charge in [-0.15, -0.1) is 0 Å². The summed E-state index contributed by atoms with van der Waals surface area (Å²) in [5.41, 5.74) is 0. The molecular formula is C10H21N. The molecule has 0 aliphatic rings. The third-order valence-corrected chi connectivity index (χ3v) is 1.78. The lowest BCUT2D eigenvalue weighted by Crippen LogP contribution is -2.15. The maximum absolute atomic E-state index is 5.33. The molecule has 0 aromatic heterocycles. The SMILES string of the molecule is [CH]CCNCCCCCCC. The molecular weight excluding hydrogens is 134 g/mol. The fourth-order valence-corrected chi connectivity index (χ4v) is 1.08. The smallest absolute Gasteiger partial charge is 0.00461 e. The molecule has 0 rings (SSSR count). The second-order valence-corrected chi connectivity index (χ2v) is 2.95. The molecule has 1 nitrogen and oxygen atoms in total. The van der Waals surface area contributed by atoms with E-state index in [1.165, 1.54) is 32.1 Å². The van der Waals surface area contributed by atoms with E-state index in [4.69, 9.17) is 6.92 Å². The number of nitrogens with one attached hydrogen (secondary N) is 1. The van der Waals surface area contributed by atoms with Gasteiger partial charge in [-0.05, 0) is 32.9 Å². The molecule has 0 saturated carbocycles. The van der Waals surface area contributed by atoms with Crippen molar-refractivity contribution in [1.29, 1.82) is 0 Å². The van der Waals surface area contributed by atoms with Gasteiger partial charge in [0.25, 0.3) is 0 Å². The lowest BCUT2D eigenvalue weighted by atomic mass is 10.1. The molecule has 0 saturated heterocycles. The van der Waals surface area contributed by atoms with Crippen molar-refractivity contribution in [2.45, 2.75) is 45.4 Å². The molecule has 0 aromatic carbocycles. The average Bonchev–Trinajstić information content (AvgIpc) is 2.03. The zero-order valence-corrected chi connectivity index (χ0v) is 7.73. The fraction of sp³-hybridized carbons (Fsp3) is 0.900. The first-order valence-corrected chi connectivity index (χ1v) is 4.82. The molecule has 0 aliphatic heterocycles. The van der Waals surface area contributed by atoms with E-state index in [-0.39, 0.29) is 0 Å². The van der Waals surface area contributed by atoms with Gasteiger partial charge >= 0.3 is 0 Å². The van der Waals surface area contributed by atoms with Crippen molar-refractivity contribution in [2.75, 3.05) is 13.1 Å². The summed E-state index contributed by atoms with van der Waals surface area (Å²) in [7, 11) is 0. The maximum atomic E-state index is 5.33. The summed E-state index contributed by atoms with van der Waals surface area (Å²) >= 11 is 0. The Hall–Kier alpha value is -0.0400. The van der Waals surface area contributed by atoms with Crippen LogP contribution in [0.3, 0.4) is 0 Å². The van der Waals surface area contributed by atoms with E-state index >= 15 is 0 Å². The van der Waals surface area contributed by atoms with Crippen molar-refractivity contribution in [3.8, 4) is 0 Å². The zero-order valence-electron chi connectivity index (χ0n) is 7.73. The van der Waals surface area contributed by atoms with Gasteiger partial charge in [0.1, 0.15) is 0 Å². The highest BCUT2D eigenvalue weighted by Gasteiger charge is 1.87. The predicted octanol–water partition coefficient (Wildman–Crippen LogP) is 2.65. The Bertz CT molecular complexity index is 53.9. The summed E-state index contributed by atoms with van der Waals surface area (Å²) in [5.74, 6) is 0. The van der Waals surface area contributed by atoms with Crippen LogP contribution in [0.2, 0.25) is 0 Å². The molecule has 0 spiro atoms. The van der Waals surface area contributed by atoms with Crippen molar-refractivity contribution in [3.63, 3.8) is 0 Å². The van der Waals surface area contributed by atoms with Crippen LogP contribution in [0.1, 0.15) is 45.4 Å². The highest BCUT2D eigenvalue weighted by atomic mass is 14.8. The fourth-order valence-electron chi connectivity index (χ4n) is 1.08. The van der Waals surface area contributed by atoms with Crippen LogP contribution in [0.5, 0.6) is 0 Å². The number of hydrogen-bond acceptors (Lipinski definition) is 1. The quantitative estimate of drug-likeness (QED) is 0.531. The van der Waals surface area contributed by atoms with Crippen LogP contribution >= 0.6 is 0 Å². The van der Waals surface area contributed by atoms with Crippen LogP contribution < -0.4 is 5.32 Å². The maximum Gasteiger partial charge on any atom is -0.00461 e. The summed E-state index contributed by atoms with van der Waals surface area (Å²) in [6.07, 6.45) is 7.54. The van der Waals surface area contributed by atoms with E-state index in [0.717, 1.165) is 19.5 Å². The van der Waals surface area contributed by atoms with E-state index in [0.29, 0.717) is 0 Å². The largest absolute Gasteiger partial charge is 0.317 e. The van der Waals surface area contributed by atoms with Crippen LogP contribution in [0, 0.1) is 6.92 Å². The van der Waals surface area contributed by atoms with Crippen LogP contribution in [-0.2, 0) is 0 Å². The molecule has 66 valence electrons. The molecule has 0 unspecified atom stereocenters. The van der Waals surface area contributed by atoms with Crippen molar-refractivity contribution >= 4 is 0 Å². The number of rotatable bonds is 8. The standard InChI is InChI=1S/C10H21N/c1-3-5-6-7-8-10-11-9-4-2/h2,11H,3-10H2,1H3. The summed E-state index contributed by atoms with van der Waals surface area (Å²) in [6, 6.07) is 0. The number of hydrogen-bond donors (Lipinski definition) is 1. The van der Waals surface area contributed by atoms with Crippen LogP contribution in [-0.4, -0.2) is 13.1 Å². The zero-order chi connectivity index (χ0) is 8.36. The highest BCUT2D eigenvalue weighted by molar-refractivity contribution is 4.49. The van der Waals surface area contributed by atoms with Gasteiger partial charge in [0, 0.05) is 0 Å². The molecule has 0 amide bonds. The van der Waals surface area contributed by atoms with Gasteiger partial charge < -0.3 is 5.32 Å². The first-order chi connectivity index (χ1) is 5.41. The molecule has 1 heteroatoms. The van der Waals surface area contributed by atoms with Crippen LogP contribution in [0.25, 0.3) is 0 Å². The van der Waals surface area contributed by atoms with E-state index in [1.807, 2.05) is 0 Å². The molecule has 0 heterocycles. The molecule has 0 bridgehead atoms. The van der Waals surface area contributed by atoms with E-state index < -0.39 is 0 Å². The average molecular weight is 155 g/mol. The highest BCUT2D eigenvalue weighted by Crippen LogP contribution is 2.00. The van der Waals surface area contributed by atoms with Crippen molar-refractivity contribution < 1.29 is 0 Å². The Kier molecular flexibility index (Phi) is 9.92. The molecule has 0 aliphatic carbocycles. The van der Waals surface area contributed by atoms with Gasteiger partial charge in [-0.3, -0.25) is 0 Å². The third kappa shape index (κ3) is 9.96. The minimum absolute atomic E-state index is 0.759. The van der Waals surface area contributed by atoms with Crippen molar-refractivity contribution in [1.82, 2.24) is 5.32 Å². The van der Waals surface area contributed by atoms with Gasteiger partial charge in [-0.2, -0.15) is 0 Å². The Balaban J connectivity index is 2.69. The lowest BCUT2D eigenvalue weighted by Gasteiger charge is -2.01. The van der Waals surface area contributed by atoms with Crippen molar-refractivity contribution in [3.05, 3.63) is 6.92 Å². The van der Waals surface area contributed by atoms with Gasteiger partial charge in [-0.25, -0.2) is 0 Å². The van der Waals surface area contributed by atoms with Gasteiger partial charge in [0.15, 0.2) is 0 Å². The second-order valence-electron chi connectivity index (χ2n) is 2.95. The minimum atomic E-state index is 0.759. The molecule has 0 fully saturated rings. The normalized spacial score (nSPS) is 10.4. The minimum Gasteiger partial charge on any atom is -0.317 e. The van der Waals surface area contributed by atoms with Crippen LogP contribution in [0.4, 0.5) is 0 Å². The molecule has 1 N–H and O–H groups in total. The predicted molar refractivity (Wildman–Crippen MR) is 50.5 cm³/mol. The van der Waals surface area contributed by atoms with Gasteiger partial charge in [-0.1, -0.05) is 32.6 Å². The van der Waals surface area contributed by atoms with E-state index in [1.54, 1.807) is 0 Å².